The van der Waals surface area contributed by atoms with Crippen molar-refractivity contribution in [1.29, 1.82) is 0 Å². The molecule has 0 N–H and O–H groups in total. The Hall–Kier alpha value is -8.40. The minimum atomic E-state index is -4.87. The fourth-order valence-electron chi connectivity index (χ4n) is 9.34. The molecule has 358 valence electrons. The van der Waals surface area contributed by atoms with Crippen molar-refractivity contribution in [3.8, 4) is 56.4 Å². The second-order valence-corrected chi connectivity index (χ2v) is 17.0. The van der Waals surface area contributed by atoms with Crippen molar-refractivity contribution in [2.75, 3.05) is 0 Å². The highest BCUT2D eigenvalue weighted by Crippen LogP contribution is 2.46. The number of hydrogen-bond acceptors (Lipinski definition) is 2. The van der Waals surface area contributed by atoms with Crippen LogP contribution in [-0.4, -0.2) is 19.1 Å². The quantitative estimate of drug-likeness (QED) is 0.156. The average Bonchev–Trinajstić information content (AvgIpc) is 3.87. The molecule has 0 atom stereocenters. The molecule has 0 unspecified atom stereocenters. The third-order valence-corrected chi connectivity index (χ3v) is 12.6. The van der Waals surface area contributed by atoms with Gasteiger partial charge in [0.1, 0.15) is 0 Å². The number of aromatic nitrogens is 4. The molecule has 16 heteroatoms. The van der Waals surface area contributed by atoms with Gasteiger partial charge in [0.2, 0.25) is 0 Å². The van der Waals surface area contributed by atoms with Crippen LogP contribution in [0.25, 0.3) is 100 Å². The Labute approximate surface area is 399 Å². The van der Waals surface area contributed by atoms with Crippen molar-refractivity contribution in [3.63, 3.8) is 0 Å². The van der Waals surface area contributed by atoms with E-state index in [1.54, 1.807) is 48.5 Å². The van der Waals surface area contributed by atoms with E-state index in [9.17, 15) is 52.7 Å². The van der Waals surface area contributed by atoms with Crippen LogP contribution in [0.4, 0.5) is 52.7 Å². The van der Waals surface area contributed by atoms with Gasteiger partial charge in [-0.15, -0.1) is 0 Å². The number of para-hydroxylation sites is 1. The highest BCUT2D eigenvalue weighted by molar-refractivity contribution is 6.12. The molecule has 3 aromatic heterocycles. The lowest BCUT2D eigenvalue weighted by molar-refractivity contribution is -0.138. The molecule has 0 amide bonds. The number of benzene rings is 8. The van der Waals surface area contributed by atoms with Crippen LogP contribution in [0.5, 0.6) is 0 Å². The summed E-state index contributed by atoms with van der Waals surface area (Å²) >= 11 is 0. The summed E-state index contributed by atoms with van der Waals surface area (Å²) in [6, 6.07) is 42.8. The van der Waals surface area contributed by atoms with Crippen LogP contribution in [0, 0.1) is 0 Å². The Morgan fingerprint density at radius 3 is 1.07 bits per heavy atom. The van der Waals surface area contributed by atoms with Gasteiger partial charge in [0.25, 0.3) is 0 Å². The van der Waals surface area contributed by atoms with Crippen LogP contribution in [-0.2, 0) is 24.7 Å². The average molecular weight is 987 g/mol. The molecule has 11 rings (SSSR count). The predicted molar refractivity (Wildman–Crippen MR) is 252 cm³/mol. The highest BCUT2D eigenvalue weighted by atomic mass is 19.4. The molecule has 0 aliphatic carbocycles. The molecule has 0 saturated carbocycles. The van der Waals surface area contributed by atoms with Crippen LogP contribution in [0.2, 0.25) is 0 Å². The minimum absolute atomic E-state index is 0.0970. The number of fused-ring (bicyclic) bond motifs is 6. The van der Waals surface area contributed by atoms with Gasteiger partial charge in [-0.3, -0.25) is 0 Å². The molecule has 72 heavy (non-hydrogen) atoms. The summed E-state index contributed by atoms with van der Waals surface area (Å²) in [6.45, 7) is 0. The normalized spacial score (nSPS) is 12.7. The zero-order valence-electron chi connectivity index (χ0n) is 36.6. The summed E-state index contributed by atoms with van der Waals surface area (Å²) in [4.78, 5) is 9.87. The standard InChI is InChI=1S/C56H30F12N4/c57-53(58,59)34-16-21-48-40(26-34)41-27-35(54(60,61)62)17-22-49(41)71(48)46-14-8-7-13-38(46)39-25-33(45-30-44(31-9-3-1-4-10-31)69-52(70-45)32-11-5-2-6-12-32)15-20-47(39)72-50-23-18-36(55(63,64)65)28-42(50)43-29-37(56(66,67)68)19-24-51(43)72/h1-30H. The van der Waals surface area contributed by atoms with E-state index in [1.165, 1.54) is 33.4 Å². The third-order valence-electron chi connectivity index (χ3n) is 12.6. The molecule has 4 nitrogen and oxygen atoms in total. The fraction of sp³-hybridized carbons (Fsp3) is 0.0714. The van der Waals surface area contributed by atoms with Crippen molar-refractivity contribution < 1.29 is 52.7 Å². The van der Waals surface area contributed by atoms with Gasteiger partial charge in [-0.2, -0.15) is 52.7 Å². The Balaban J connectivity index is 1.24. The summed E-state index contributed by atoms with van der Waals surface area (Å²) in [7, 11) is 0. The van der Waals surface area contributed by atoms with Gasteiger partial charge in [-0.1, -0.05) is 84.9 Å². The Morgan fingerprint density at radius 2 is 0.653 bits per heavy atom. The lowest BCUT2D eigenvalue weighted by Gasteiger charge is -2.20. The van der Waals surface area contributed by atoms with Crippen LogP contribution in [0.15, 0.2) is 182 Å². The first-order chi connectivity index (χ1) is 34.2. The number of nitrogens with zero attached hydrogens (tertiary/aromatic N) is 4. The number of halogens is 12. The molecule has 0 radical (unpaired) electrons. The minimum Gasteiger partial charge on any atom is -0.309 e. The number of hydrogen-bond donors (Lipinski definition) is 0. The topological polar surface area (TPSA) is 35.6 Å². The lowest BCUT2D eigenvalue weighted by Crippen LogP contribution is -2.05. The molecule has 3 heterocycles. The molecule has 0 spiro atoms. The van der Waals surface area contributed by atoms with E-state index < -0.39 is 47.0 Å². The maximum absolute atomic E-state index is 14.3. The largest absolute Gasteiger partial charge is 0.416 e. The Bertz CT molecular complexity index is 3720. The van der Waals surface area contributed by atoms with E-state index in [4.69, 9.17) is 9.97 Å². The van der Waals surface area contributed by atoms with E-state index in [-0.39, 0.29) is 55.0 Å². The fourth-order valence-corrected chi connectivity index (χ4v) is 9.34. The summed E-state index contributed by atoms with van der Waals surface area (Å²) in [5, 5.41) is -0.566. The highest BCUT2D eigenvalue weighted by Gasteiger charge is 2.36. The van der Waals surface area contributed by atoms with Crippen LogP contribution in [0.3, 0.4) is 0 Å². The third kappa shape index (κ3) is 8.05. The van der Waals surface area contributed by atoms with Crippen molar-refractivity contribution in [2.24, 2.45) is 0 Å². The summed E-state index contributed by atoms with van der Waals surface area (Å²) in [5.41, 5.74) is -0.0536. The van der Waals surface area contributed by atoms with Gasteiger partial charge < -0.3 is 9.13 Å². The Morgan fingerprint density at radius 1 is 0.292 bits per heavy atom. The molecule has 0 aliphatic heterocycles. The predicted octanol–water partition coefficient (Wildman–Crippen LogP) is 17.4. The monoisotopic (exact) mass is 986 g/mol. The molecular formula is C56H30F12N4. The lowest BCUT2D eigenvalue weighted by atomic mass is 9.96. The van der Waals surface area contributed by atoms with Crippen LogP contribution in [0.1, 0.15) is 22.3 Å². The molecule has 0 bridgehead atoms. The zero-order valence-corrected chi connectivity index (χ0v) is 36.6. The van der Waals surface area contributed by atoms with E-state index in [2.05, 4.69) is 0 Å². The van der Waals surface area contributed by atoms with E-state index >= 15 is 0 Å². The van der Waals surface area contributed by atoms with Gasteiger partial charge in [0, 0.05) is 49.4 Å². The molecule has 0 aliphatic rings. The van der Waals surface area contributed by atoms with Gasteiger partial charge in [-0.25, -0.2) is 9.97 Å². The summed E-state index contributed by atoms with van der Waals surface area (Å²) < 4.78 is 175. The maximum Gasteiger partial charge on any atom is 0.416 e. The summed E-state index contributed by atoms with van der Waals surface area (Å²) in [6.07, 6.45) is -19.4. The second-order valence-electron chi connectivity index (χ2n) is 17.0. The number of alkyl halides is 12. The first kappa shape index (κ1) is 46.0. The van der Waals surface area contributed by atoms with E-state index in [0.29, 0.717) is 39.5 Å². The van der Waals surface area contributed by atoms with E-state index in [1.807, 2.05) is 60.7 Å². The first-order valence-electron chi connectivity index (χ1n) is 21.9. The Kier molecular flexibility index (Phi) is 10.6. The summed E-state index contributed by atoms with van der Waals surface area (Å²) in [5.74, 6) is 0.350. The molecule has 0 saturated heterocycles. The molecule has 0 fully saturated rings. The van der Waals surface area contributed by atoms with Crippen molar-refractivity contribution >= 4 is 43.6 Å². The van der Waals surface area contributed by atoms with Crippen LogP contribution >= 0.6 is 0 Å². The first-order valence-corrected chi connectivity index (χ1v) is 21.9. The van der Waals surface area contributed by atoms with Gasteiger partial charge >= 0.3 is 24.7 Å². The number of rotatable bonds is 6. The van der Waals surface area contributed by atoms with Gasteiger partial charge in [0.15, 0.2) is 5.82 Å². The van der Waals surface area contributed by atoms with Gasteiger partial charge in [0.05, 0.1) is 67.1 Å². The van der Waals surface area contributed by atoms with Gasteiger partial charge in [-0.05, 0) is 97.1 Å². The van der Waals surface area contributed by atoms with Crippen LogP contribution < -0.4 is 0 Å². The van der Waals surface area contributed by atoms with E-state index in [0.717, 1.165) is 54.1 Å². The van der Waals surface area contributed by atoms with Crippen molar-refractivity contribution in [2.45, 2.75) is 24.7 Å². The van der Waals surface area contributed by atoms with Crippen molar-refractivity contribution in [1.82, 2.24) is 19.1 Å². The smallest absolute Gasteiger partial charge is 0.309 e. The molecular weight excluding hydrogens is 957 g/mol. The molecule has 11 aromatic rings. The second kappa shape index (κ2) is 16.6. The molecule has 8 aromatic carbocycles. The SMILES string of the molecule is FC(F)(F)c1ccc2c(c1)c1cc(C(F)(F)F)ccc1n2-c1ccccc1-c1cc(-c2cc(-c3ccccc3)nc(-c3ccccc3)n2)ccc1-n1c2ccc(C(F)(F)F)cc2c2cc(C(F)(F)F)ccc21. The maximum atomic E-state index is 14.3. The van der Waals surface area contributed by atoms with Crippen molar-refractivity contribution in [3.05, 3.63) is 204 Å². The zero-order chi connectivity index (χ0) is 50.5.